The van der Waals surface area contributed by atoms with E-state index in [-0.39, 0.29) is 12.2 Å². The monoisotopic (exact) mass is 420 g/mol. The highest BCUT2D eigenvalue weighted by atomic mass is 16.5. The number of ether oxygens (including phenoxy) is 2. The van der Waals surface area contributed by atoms with Crippen molar-refractivity contribution < 1.29 is 9.47 Å². The molecule has 0 amide bonds. The molecule has 2 aliphatic rings. The maximum absolute atomic E-state index is 6.25. The van der Waals surface area contributed by atoms with Crippen LogP contribution in [-0.4, -0.2) is 51.7 Å². The van der Waals surface area contributed by atoms with Crippen molar-refractivity contribution >= 4 is 10.9 Å². The molecule has 1 saturated heterocycles. The molecule has 6 heteroatoms. The second kappa shape index (κ2) is 9.69. The number of aromatic amines is 1. The van der Waals surface area contributed by atoms with Crippen molar-refractivity contribution in [2.75, 3.05) is 19.6 Å². The maximum atomic E-state index is 6.25. The first kappa shape index (κ1) is 20.3. The number of benzene rings is 1. The predicted octanol–water partition coefficient (Wildman–Crippen LogP) is 4.76. The lowest BCUT2D eigenvalue weighted by molar-refractivity contribution is 0.0850. The van der Waals surface area contributed by atoms with Gasteiger partial charge in [0.05, 0.1) is 0 Å². The number of likely N-dealkylation sites (tertiary alicyclic amines) is 1. The van der Waals surface area contributed by atoms with Crippen LogP contribution in [0.15, 0.2) is 42.9 Å². The molecule has 5 rings (SSSR count). The van der Waals surface area contributed by atoms with Gasteiger partial charge in [-0.15, -0.1) is 0 Å². The molecule has 31 heavy (non-hydrogen) atoms. The third kappa shape index (κ3) is 5.01. The number of para-hydroxylation sites is 1. The number of nitrogens with zero attached hydrogens (tertiary/aromatic N) is 3. The Morgan fingerprint density at radius 3 is 2.29 bits per heavy atom. The van der Waals surface area contributed by atoms with Gasteiger partial charge in [0.2, 0.25) is 0 Å². The molecule has 3 heterocycles. The molecule has 1 saturated carbocycles. The Kier molecular flexibility index (Phi) is 6.35. The van der Waals surface area contributed by atoms with Crippen LogP contribution in [0.1, 0.15) is 50.5 Å². The van der Waals surface area contributed by atoms with Crippen LogP contribution in [-0.2, 0) is 6.42 Å². The van der Waals surface area contributed by atoms with E-state index in [1.165, 1.54) is 35.7 Å². The van der Waals surface area contributed by atoms with Gasteiger partial charge in [0, 0.05) is 49.1 Å². The average molecular weight is 421 g/mol. The minimum atomic E-state index is 0.176. The van der Waals surface area contributed by atoms with Gasteiger partial charge in [-0.2, -0.15) is 0 Å². The molecule has 0 atom stereocenters. The van der Waals surface area contributed by atoms with Gasteiger partial charge in [-0.05, 0) is 56.6 Å². The number of hydrogen-bond donors (Lipinski definition) is 1. The van der Waals surface area contributed by atoms with Crippen LogP contribution in [0.4, 0.5) is 0 Å². The van der Waals surface area contributed by atoms with E-state index in [2.05, 4.69) is 50.3 Å². The van der Waals surface area contributed by atoms with E-state index in [1.807, 2.05) is 0 Å². The summed E-state index contributed by atoms with van der Waals surface area (Å²) in [6.45, 7) is 3.17. The molecule has 1 aliphatic carbocycles. The molecule has 2 aromatic heterocycles. The third-order valence-electron chi connectivity index (χ3n) is 6.65. The Bertz CT molecular complexity index is 974. The first-order valence-electron chi connectivity index (χ1n) is 11.8. The molecule has 164 valence electrons. The summed E-state index contributed by atoms with van der Waals surface area (Å²) >= 11 is 0. The summed E-state index contributed by atoms with van der Waals surface area (Å²) in [5, 5.41) is 1.34. The number of rotatable bonds is 7. The fraction of sp³-hybridized carbons (Fsp3) is 0.520. The minimum absolute atomic E-state index is 0.176. The molecule has 2 fully saturated rings. The Balaban J connectivity index is 1.12. The Morgan fingerprint density at radius 2 is 1.55 bits per heavy atom. The van der Waals surface area contributed by atoms with Gasteiger partial charge in [-0.3, -0.25) is 0 Å². The molecular weight excluding hydrogens is 388 g/mol. The Labute approximate surface area is 184 Å². The zero-order valence-electron chi connectivity index (χ0n) is 18.1. The number of aromatic nitrogens is 3. The van der Waals surface area contributed by atoms with E-state index in [0.717, 1.165) is 51.7 Å². The molecular formula is C25H32N4O2. The molecule has 1 aromatic carbocycles. The van der Waals surface area contributed by atoms with Crippen LogP contribution in [0.5, 0.6) is 11.8 Å². The van der Waals surface area contributed by atoms with Gasteiger partial charge < -0.3 is 19.4 Å². The lowest BCUT2D eigenvalue weighted by Crippen LogP contribution is -2.39. The zero-order chi connectivity index (χ0) is 20.9. The summed E-state index contributed by atoms with van der Waals surface area (Å²) < 4.78 is 12.4. The average Bonchev–Trinajstić information content (AvgIpc) is 3.24. The summed E-state index contributed by atoms with van der Waals surface area (Å²) in [6.07, 6.45) is 15.0. The van der Waals surface area contributed by atoms with E-state index < -0.39 is 0 Å². The van der Waals surface area contributed by atoms with Crippen LogP contribution in [0.25, 0.3) is 10.9 Å². The van der Waals surface area contributed by atoms with E-state index >= 15 is 0 Å². The predicted molar refractivity (Wildman–Crippen MR) is 122 cm³/mol. The molecule has 0 spiro atoms. The smallest absolute Gasteiger partial charge is 0.278 e. The number of fused-ring (bicyclic) bond motifs is 1. The summed E-state index contributed by atoms with van der Waals surface area (Å²) in [7, 11) is 0. The van der Waals surface area contributed by atoms with Gasteiger partial charge in [-0.25, -0.2) is 9.97 Å². The Morgan fingerprint density at radius 1 is 0.871 bits per heavy atom. The van der Waals surface area contributed by atoms with Crippen molar-refractivity contribution in [3.05, 3.63) is 48.4 Å². The second-order valence-electron chi connectivity index (χ2n) is 8.81. The van der Waals surface area contributed by atoms with Crippen molar-refractivity contribution in [2.24, 2.45) is 0 Å². The first-order valence-corrected chi connectivity index (χ1v) is 11.8. The van der Waals surface area contributed by atoms with Gasteiger partial charge in [0.15, 0.2) is 0 Å². The normalized spacial score (nSPS) is 19.0. The van der Waals surface area contributed by atoms with Crippen LogP contribution in [0, 0.1) is 0 Å². The van der Waals surface area contributed by atoms with E-state index in [4.69, 9.17) is 9.47 Å². The quantitative estimate of drug-likeness (QED) is 0.597. The highest BCUT2D eigenvalue weighted by Gasteiger charge is 2.24. The largest absolute Gasteiger partial charge is 0.471 e. The molecule has 3 aromatic rings. The van der Waals surface area contributed by atoms with Gasteiger partial charge >= 0.3 is 0 Å². The lowest BCUT2D eigenvalue weighted by Gasteiger charge is -2.32. The summed E-state index contributed by atoms with van der Waals surface area (Å²) in [4.78, 5) is 14.8. The minimum Gasteiger partial charge on any atom is -0.471 e. The fourth-order valence-corrected chi connectivity index (χ4v) is 4.84. The van der Waals surface area contributed by atoms with Crippen molar-refractivity contribution in [3.8, 4) is 11.8 Å². The van der Waals surface area contributed by atoms with Gasteiger partial charge in [-0.1, -0.05) is 24.6 Å². The van der Waals surface area contributed by atoms with Crippen LogP contribution < -0.4 is 9.47 Å². The Hall–Kier alpha value is -2.60. The number of hydrogen-bond acceptors (Lipinski definition) is 5. The van der Waals surface area contributed by atoms with Crippen molar-refractivity contribution in [1.82, 2.24) is 19.9 Å². The van der Waals surface area contributed by atoms with E-state index in [0.29, 0.717) is 11.8 Å². The SMILES string of the molecule is c1ccc2c(CCN3CCC(Oc4nccnc4OC4CCCCC4)CC3)c[nH]c2c1. The first-order chi connectivity index (χ1) is 15.3. The third-order valence-corrected chi connectivity index (χ3v) is 6.65. The molecule has 0 unspecified atom stereocenters. The van der Waals surface area contributed by atoms with Gasteiger partial charge in [0.1, 0.15) is 12.2 Å². The van der Waals surface area contributed by atoms with Crippen LogP contribution in [0.3, 0.4) is 0 Å². The molecule has 6 nitrogen and oxygen atoms in total. The number of H-pyrrole nitrogens is 1. The molecule has 0 radical (unpaired) electrons. The summed E-state index contributed by atoms with van der Waals surface area (Å²) in [6, 6.07) is 8.53. The standard InChI is InChI=1S/C25H32N4O2/c1-2-6-20(7-3-1)30-24-25(27-14-13-26-24)31-21-11-16-29(17-12-21)15-10-19-18-28-23-9-5-4-8-22(19)23/h4-5,8-9,13-14,18,20-21,28H,1-3,6-7,10-12,15-17H2. The highest BCUT2D eigenvalue weighted by molar-refractivity contribution is 5.83. The molecule has 1 N–H and O–H groups in total. The van der Waals surface area contributed by atoms with Gasteiger partial charge in [0.25, 0.3) is 11.8 Å². The zero-order valence-corrected chi connectivity index (χ0v) is 18.1. The van der Waals surface area contributed by atoms with Crippen molar-refractivity contribution in [3.63, 3.8) is 0 Å². The topological polar surface area (TPSA) is 63.3 Å². The van der Waals surface area contributed by atoms with Crippen molar-refractivity contribution in [2.45, 2.75) is 63.6 Å². The molecule has 1 aliphatic heterocycles. The maximum Gasteiger partial charge on any atom is 0.278 e. The molecule has 0 bridgehead atoms. The number of nitrogens with one attached hydrogen (secondary N) is 1. The number of piperidine rings is 1. The van der Waals surface area contributed by atoms with Crippen LogP contribution in [0.2, 0.25) is 0 Å². The summed E-state index contributed by atoms with van der Waals surface area (Å²) in [5.74, 6) is 1.13. The summed E-state index contributed by atoms with van der Waals surface area (Å²) in [5.41, 5.74) is 2.62. The lowest BCUT2D eigenvalue weighted by atomic mass is 9.98. The van der Waals surface area contributed by atoms with E-state index in [1.54, 1.807) is 12.4 Å². The van der Waals surface area contributed by atoms with E-state index in [9.17, 15) is 0 Å². The fourth-order valence-electron chi connectivity index (χ4n) is 4.84. The van der Waals surface area contributed by atoms with Crippen molar-refractivity contribution in [1.29, 1.82) is 0 Å². The van der Waals surface area contributed by atoms with Crippen LogP contribution >= 0.6 is 0 Å². The second-order valence-corrected chi connectivity index (χ2v) is 8.81. The highest BCUT2D eigenvalue weighted by Crippen LogP contribution is 2.29.